The largest absolute Gasteiger partial charge is 0.317 e. The fourth-order valence-corrected chi connectivity index (χ4v) is 1.85. The summed E-state index contributed by atoms with van der Waals surface area (Å²) < 4.78 is 0. The Morgan fingerprint density at radius 1 is 1.23 bits per heavy atom. The predicted molar refractivity (Wildman–Crippen MR) is 51.3 cm³/mol. The molecule has 0 unspecified atom stereocenters. The van der Waals surface area contributed by atoms with Crippen LogP contribution in [-0.4, -0.2) is 23.1 Å². The van der Waals surface area contributed by atoms with Gasteiger partial charge >= 0.3 is 0 Å². The average molecular weight is 177 g/mol. The number of aromatic nitrogens is 2. The lowest BCUT2D eigenvalue weighted by molar-refractivity contribution is 0.372. The van der Waals surface area contributed by atoms with Gasteiger partial charge < -0.3 is 5.32 Å². The second kappa shape index (κ2) is 4.33. The van der Waals surface area contributed by atoms with E-state index in [1.807, 2.05) is 12.4 Å². The minimum absolute atomic E-state index is 0.826. The molecule has 2 rings (SSSR count). The highest BCUT2D eigenvalue weighted by atomic mass is 14.9. The predicted octanol–water partition coefficient (Wildman–Crippen LogP) is 1.02. The molecule has 1 saturated heterocycles. The summed E-state index contributed by atoms with van der Waals surface area (Å²) in [5.41, 5.74) is 1.27. The van der Waals surface area contributed by atoms with E-state index < -0.39 is 0 Å². The summed E-state index contributed by atoms with van der Waals surface area (Å²) in [7, 11) is 0. The van der Waals surface area contributed by atoms with Crippen LogP contribution in [0.3, 0.4) is 0 Å². The van der Waals surface area contributed by atoms with Gasteiger partial charge in [0.15, 0.2) is 0 Å². The van der Waals surface area contributed by atoms with Gasteiger partial charge in [0.25, 0.3) is 0 Å². The molecule has 0 amide bonds. The molecule has 0 aliphatic carbocycles. The SMILES string of the molecule is c1ncc(CC2CCNCC2)cn1. The lowest BCUT2D eigenvalue weighted by Gasteiger charge is -2.22. The molecule has 0 atom stereocenters. The molecule has 1 aliphatic heterocycles. The van der Waals surface area contributed by atoms with Crippen LogP contribution in [0.25, 0.3) is 0 Å². The van der Waals surface area contributed by atoms with Crippen molar-refractivity contribution in [1.29, 1.82) is 0 Å². The molecule has 13 heavy (non-hydrogen) atoms. The fraction of sp³-hybridized carbons (Fsp3) is 0.600. The third-order valence-electron chi connectivity index (χ3n) is 2.60. The topological polar surface area (TPSA) is 37.8 Å². The lowest BCUT2D eigenvalue weighted by atomic mass is 9.92. The summed E-state index contributed by atoms with van der Waals surface area (Å²) >= 11 is 0. The molecule has 3 heteroatoms. The first-order valence-electron chi connectivity index (χ1n) is 4.90. The molecule has 70 valence electrons. The molecular weight excluding hydrogens is 162 g/mol. The van der Waals surface area contributed by atoms with Gasteiger partial charge in [-0.3, -0.25) is 0 Å². The molecule has 3 nitrogen and oxygen atoms in total. The van der Waals surface area contributed by atoms with E-state index in [0.29, 0.717) is 0 Å². The van der Waals surface area contributed by atoms with Crippen LogP contribution >= 0.6 is 0 Å². The number of piperidine rings is 1. The van der Waals surface area contributed by atoms with Crippen molar-refractivity contribution < 1.29 is 0 Å². The minimum Gasteiger partial charge on any atom is -0.317 e. The second-order valence-electron chi connectivity index (χ2n) is 3.64. The van der Waals surface area contributed by atoms with E-state index in [0.717, 1.165) is 12.3 Å². The van der Waals surface area contributed by atoms with Crippen LogP contribution in [0.5, 0.6) is 0 Å². The van der Waals surface area contributed by atoms with Gasteiger partial charge in [-0.15, -0.1) is 0 Å². The maximum atomic E-state index is 4.02. The van der Waals surface area contributed by atoms with Crippen molar-refractivity contribution in [3.8, 4) is 0 Å². The molecule has 1 aromatic heterocycles. The van der Waals surface area contributed by atoms with E-state index in [-0.39, 0.29) is 0 Å². The molecule has 2 heterocycles. The quantitative estimate of drug-likeness (QED) is 0.733. The number of hydrogen-bond acceptors (Lipinski definition) is 3. The highest BCUT2D eigenvalue weighted by molar-refractivity contribution is 5.03. The van der Waals surface area contributed by atoms with Crippen molar-refractivity contribution in [3.63, 3.8) is 0 Å². The molecule has 1 aromatic rings. The number of nitrogens with zero attached hydrogens (tertiary/aromatic N) is 2. The lowest BCUT2D eigenvalue weighted by Crippen LogP contribution is -2.28. The number of hydrogen-bond donors (Lipinski definition) is 1. The van der Waals surface area contributed by atoms with Crippen molar-refractivity contribution in [3.05, 3.63) is 24.3 Å². The van der Waals surface area contributed by atoms with E-state index >= 15 is 0 Å². The van der Waals surface area contributed by atoms with Crippen LogP contribution in [0.1, 0.15) is 18.4 Å². The van der Waals surface area contributed by atoms with Crippen LogP contribution in [0.4, 0.5) is 0 Å². The first-order chi connectivity index (χ1) is 6.45. The first-order valence-corrected chi connectivity index (χ1v) is 4.90. The van der Waals surface area contributed by atoms with Crippen LogP contribution in [0, 0.1) is 5.92 Å². The Balaban J connectivity index is 1.90. The Kier molecular flexibility index (Phi) is 2.87. The van der Waals surface area contributed by atoms with Crippen LogP contribution in [-0.2, 0) is 6.42 Å². The van der Waals surface area contributed by atoms with E-state index in [4.69, 9.17) is 0 Å². The molecule has 0 spiro atoms. The molecule has 1 fully saturated rings. The van der Waals surface area contributed by atoms with Crippen molar-refractivity contribution in [2.24, 2.45) is 5.92 Å². The monoisotopic (exact) mass is 177 g/mol. The summed E-state index contributed by atoms with van der Waals surface area (Å²) in [6, 6.07) is 0. The Morgan fingerprint density at radius 3 is 2.62 bits per heavy atom. The maximum absolute atomic E-state index is 4.02. The van der Waals surface area contributed by atoms with Crippen molar-refractivity contribution in [1.82, 2.24) is 15.3 Å². The highest BCUT2D eigenvalue weighted by Gasteiger charge is 2.13. The second-order valence-corrected chi connectivity index (χ2v) is 3.64. The van der Waals surface area contributed by atoms with Crippen molar-refractivity contribution in [2.75, 3.05) is 13.1 Å². The molecule has 0 radical (unpaired) electrons. The van der Waals surface area contributed by atoms with Gasteiger partial charge in [0.2, 0.25) is 0 Å². The van der Waals surface area contributed by atoms with Gasteiger partial charge in [-0.2, -0.15) is 0 Å². The van der Waals surface area contributed by atoms with Crippen LogP contribution < -0.4 is 5.32 Å². The minimum atomic E-state index is 0.826. The van der Waals surface area contributed by atoms with Crippen molar-refractivity contribution >= 4 is 0 Å². The van der Waals surface area contributed by atoms with E-state index in [1.54, 1.807) is 6.33 Å². The first kappa shape index (κ1) is 8.63. The molecular formula is C10H15N3. The highest BCUT2D eigenvalue weighted by Crippen LogP contribution is 2.16. The van der Waals surface area contributed by atoms with Gasteiger partial charge in [-0.25, -0.2) is 9.97 Å². The van der Waals surface area contributed by atoms with Gasteiger partial charge in [0, 0.05) is 12.4 Å². The van der Waals surface area contributed by atoms with Crippen molar-refractivity contribution in [2.45, 2.75) is 19.3 Å². The third-order valence-corrected chi connectivity index (χ3v) is 2.60. The molecule has 0 bridgehead atoms. The molecule has 1 aliphatic rings. The standard InChI is InChI=1S/C10H15N3/c1-3-11-4-2-9(1)5-10-6-12-8-13-7-10/h6-9,11H,1-5H2. The van der Waals surface area contributed by atoms with Crippen LogP contribution in [0.2, 0.25) is 0 Å². The Morgan fingerprint density at radius 2 is 1.92 bits per heavy atom. The molecule has 0 aromatic carbocycles. The van der Waals surface area contributed by atoms with Crippen LogP contribution in [0.15, 0.2) is 18.7 Å². The van der Waals surface area contributed by atoms with E-state index in [9.17, 15) is 0 Å². The van der Waals surface area contributed by atoms with Gasteiger partial charge in [-0.1, -0.05) is 0 Å². The average Bonchev–Trinajstić information content (AvgIpc) is 2.21. The smallest absolute Gasteiger partial charge is 0.115 e. The molecule has 0 saturated carbocycles. The third kappa shape index (κ3) is 2.49. The van der Waals surface area contributed by atoms with Gasteiger partial charge in [0.1, 0.15) is 6.33 Å². The summed E-state index contributed by atoms with van der Waals surface area (Å²) in [6.45, 7) is 2.33. The normalized spacial score (nSPS) is 18.8. The van der Waals surface area contributed by atoms with Gasteiger partial charge in [-0.05, 0) is 43.8 Å². The zero-order chi connectivity index (χ0) is 8.93. The number of rotatable bonds is 2. The fourth-order valence-electron chi connectivity index (χ4n) is 1.85. The van der Waals surface area contributed by atoms with Gasteiger partial charge in [0.05, 0.1) is 0 Å². The summed E-state index contributed by atoms with van der Waals surface area (Å²) in [5.74, 6) is 0.826. The zero-order valence-electron chi connectivity index (χ0n) is 7.74. The Hall–Kier alpha value is -0.960. The van der Waals surface area contributed by atoms with E-state index in [2.05, 4.69) is 15.3 Å². The summed E-state index contributed by atoms with van der Waals surface area (Å²) in [6.07, 6.45) is 9.16. The maximum Gasteiger partial charge on any atom is 0.115 e. The Labute approximate surface area is 78.6 Å². The van der Waals surface area contributed by atoms with E-state index in [1.165, 1.54) is 31.5 Å². The number of nitrogens with one attached hydrogen (secondary N) is 1. The Bertz CT molecular complexity index is 242. The molecule has 1 N–H and O–H groups in total. The zero-order valence-corrected chi connectivity index (χ0v) is 7.74. The summed E-state index contributed by atoms with van der Waals surface area (Å²) in [5, 5.41) is 3.37. The summed E-state index contributed by atoms with van der Waals surface area (Å²) in [4.78, 5) is 8.05.